The van der Waals surface area contributed by atoms with Gasteiger partial charge in [0.1, 0.15) is 0 Å². The summed E-state index contributed by atoms with van der Waals surface area (Å²) >= 11 is 8.60. The number of nitrogens with zero attached hydrogens (tertiary/aromatic N) is 2. The van der Waals surface area contributed by atoms with Gasteiger partial charge in [-0.3, -0.25) is 0 Å². The largest absolute Gasteiger partial charge is 0.369 e. The van der Waals surface area contributed by atoms with E-state index in [0.29, 0.717) is 5.56 Å². The molecular weight excluding hydrogens is 376 g/mol. The Kier molecular flexibility index (Phi) is 4.44. The molecule has 0 amide bonds. The summed E-state index contributed by atoms with van der Waals surface area (Å²) in [4.78, 5) is 3.41. The molecular formula is C13H10Br2N2S. The molecule has 92 valence electrons. The number of halogens is 2. The van der Waals surface area contributed by atoms with Crippen molar-refractivity contribution in [1.29, 1.82) is 5.26 Å². The van der Waals surface area contributed by atoms with Crippen LogP contribution in [0.1, 0.15) is 10.4 Å². The van der Waals surface area contributed by atoms with Crippen LogP contribution < -0.4 is 4.90 Å². The second-order valence-electron chi connectivity index (χ2n) is 3.90. The number of nitriles is 1. The fourth-order valence-electron chi connectivity index (χ4n) is 1.62. The third-order valence-corrected chi connectivity index (χ3v) is 4.61. The number of thiophene rings is 1. The van der Waals surface area contributed by atoms with E-state index in [2.05, 4.69) is 54.3 Å². The highest BCUT2D eigenvalue weighted by Gasteiger charge is 2.06. The molecule has 5 heteroatoms. The Morgan fingerprint density at radius 1 is 1.22 bits per heavy atom. The summed E-state index contributed by atoms with van der Waals surface area (Å²) in [5.74, 6) is 0. The predicted molar refractivity (Wildman–Crippen MR) is 83.0 cm³/mol. The lowest BCUT2D eigenvalue weighted by molar-refractivity contribution is 0.939. The van der Waals surface area contributed by atoms with Gasteiger partial charge in [-0.2, -0.15) is 5.26 Å². The van der Waals surface area contributed by atoms with Gasteiger partial charge in [-0.05, 0) is 40.2 Å². The van der Waals surface area contributed by atoms with Crippen molar-refractivity contribution < 1.29 is 0 Å². The Bertz CT molecular complexity index is 601. The summed E-state index contributed by atoms with van der Waals surface area (Å²) in [7, 11) is 2.02. The van der Waals surface area contributed by atoms with Gasteiger partial charge < -0.3 is 4.90 Å². The summed E-state index contributed by atoms with van der Waals surface area (Å²) < 4.78 is 2.04. The smallest absolute Gasteiger partial charge is 0.0992 e. The van der Waals surface area contributed by atoms with Gasteiger partial charge in [-0.15, -0.1) is 11.3 Å². The van der Waals surface area contributed by atoms with Crippen LogP contribution in [0.25, 0.3) is 0 Å². The number of benzene rings is 1. The molecule has 0 radical (unpaired) electrons. The third kappa shape index (κ3) is 3.35. The summed E-state index contributed by atoms with van der Waals surface area (Å²) in [6, 6.07) is 10.0. The van der Waals surface area contributed by atoms with Crippen LogP contribution in [-0.4, -0.2) is 7.05 Å². The van der Waals surface area contributed by atoms with E-state index in [-0.39, 0.29) is 0 Å². The van der Waals surface area contributed by atoms with E-state index < -0.39 is 0 Å². The highest BCUT2D eigenvalue weighted by Crippen LogP contribution is 2.26. The molecule has 0 bridgehead atoms. The van der Waals surface area contributed by atoms with Crippen LogP contribution >= 0.6 is 43.2 Å². The SMILES string of the molecule is CN(Cc1cc(Br)cs1)c1cc(Br)cc(C#N)c1. The molecule has 0 aliphatic carbocycles. The maximum Gasteiger partial charge on any atom is 0.0992 e. The first-order chi connectivity index (χ1) is 8.58. The van der Waals surface area contributed by atoms with Gasteiger partial charge in [0, 0.05) is 31.9 Å². The zero-order valence-electron chi connectivity index (χ0n) is 9.65. The quantitative estimate of drug-likeness (QED) is 0.759. The molecule has 2 rings (SSSR count). The average Bonchev–Trinajstić information content (AvgIpc) is 2.73. The first-order valence-electron chi connectivity index (χ1n) is 5.23. The van der Waals surface area contributed by atoms with E-state index in [9.17, 15) is 0 Å². The highest BCUT2D eigenvalue weighted by molar-refractivity contribution is 9.10. The van der Waals surface area contributed by atoms with Crippen molar-refractivity contribution in [2.75, 3.05) is 11.9 Å². The number of anilines is 1. The van der Waals surface area contributed by atoms with Crippen molar-refractivity contribution in [3.05, 3.63) is 49.0 Å². The molecule has 0 aliphatic rings. The van der Waals surface area contributed by atoms with Crippen molar-refractivity contribution in [2.24, 2.45) is 0 Å². The maximum absolute atomic E-state index is 8.97. The molecule has 0 N–H and O–H groups in total. The third-order valence-electron chi connectivity index (χ3n) is 2.47. The molecule has 0 aliphatic heterocycles. The van der Waals surface area contributed by atoms with E-state index in [1.54, 1.807) is 11.3 Å². The number of rotatable bonds is 3. The van der Waals surface area contributed by atoms with E-state index in [0.717, 1.165) is 21.2 Å². The number of hydrogen-bond acceptors (Lipinski definition) is 3. The van der Waals surface area contributed by atoms with Crippen molar-refractivity contribution in [3.8, 4) is 6.07 Å². The Hall–Kier alpha value is -0.830. The Balaban J connectivity index is 2.21. The molecule has 1 heterocycles. The van der Waals surface area contributed by atoms with Crippen LogP contribution in [0.3, 0.4) is 0 Å². The standard InChI is InChI=1S/C13H10Br2N2S/c1-17(7-13-5-11(15)8-18-13)12-3-9(6-16)2-10(14)4-12/h2-5,8H,7H2,1H3. The first-order valence-corrected chi connectivity index (χ1v) is 7.70. The van der Waals surface area contributed by atoms with Crippen LogP contribution in [0.2, 0.25) is 0 Å². The lowest BCUT2D eigenvalue weighted by Crippen LogP contribution is -2.15. The minimum atomic E-state index is 0.665. The Labute approximate surface area is 127 Å². The number of hydrogen-bond donors (Lipinski definition) is 0. The van der Waals surface area contributed by atoms with Crippen LogP contribution in [-0.2, 0) is 6.54 Å². The van der Waals surface area contributed by atoms with E-state index >= 15 is 0 Å². The van der Waals surface area contributed by atoms with E-state index in [4.69, 9.17) is 5.26 Å². The van der Waals surface area contributed by atoms with Gasteiger partial charge in [-0.1, -0.05) is 15.9 Å². The zero-order valence-corrected chi connectivity index (χ0v) is 13.6. The minimum Gasteiger partial charge on any atom is -0.369 e. The van der Waals surface area contributed by atoms with E-state index in [1.165, 1.54) is 4.88 Å². The molecule has 0 saturated heterocycles. The van der Waals surface area contributed by atoms with Crippen molar-refractivity contribution in [3.63, 3.8) is 0 Å². The molecule has 1 aromatic carbocycles. The molecule has 0 spiro atoms. The second kappa shape index (κ2) is 5.87. The minimum absolute atomic E-state index is 0.665. The Morgan fingerprint density at radius 3 is 2.61 bits per heavy atom. The molecule has 0 unspecified atom stereocenters. The molecule has 2 nitrogen and oxygen atoms in total. The summed E-state index contributed by atoms with van der Waals surface area (Å²) in [6.07, 6.45) is 0. The molecule has 1 aromatic heterocycles. The molecule has 0 fully saturated rings. The maximum atomic E-state index is 8.97. The first kappa shape index (κ1) is 13.6. The molecule has 18 heavy (non-hydrogen) atoms. The van der Waals surface area contributed by atoms with Crippen LogP contribution in [0, 0.1) is 11.3 Å². The molecule has 0 atom stereocenters. The fourth-order valence-corrected chi connectivity index (χ4v) is 3.61. The normalized spacial score (nSPS) is 10.1. The monoisotopic (exact) mass is 384 g/mol. The van der Waals surface area contributed by atoms with Crippen molar-refractivity contribution >= 4 is 48.9 Å². The van der Waals surface area contributed by atoms with Gasteiger partial charge in [0.2, 0.25) is 0 Å². The summed E-state index contributed by atoms with van der Waals surface area (Å²) in [5, 5.41) is 11.0. The van der Waals surface area contributed by atoms with Gasteiger partial charge in [0.25, 0.3) is 0 Å². The second-order valence-corrected chi connectivity index (χ2v) is 6.72. The zero-order chi connectivity index (χ0) is 13.1. The Morgan fingerprint density at radius 2 is 2.00 bits per heavy atom. The predicted octanol–water partition coefficient (Wildman–Crippen LogP) is 4.78. The lowest BCUT2D eigenvalue weighted by atomic mass is 10.2. The van der Waals surface area contributed by atoms with Gasteiger partial charge in [0.15, 0.2) is 0 Å². The van der Waals surface area contributed by atoms with Crippen LogP contribution in [0.4, 0.5) is 5.69 Å². The van der Waals surface area contributed by atoms with Gasteiger partial charge in [-0.25, -0.2) is 0 Å². The van der Waals surface area contributed by atoms with Gasteiger partial charge in [0.05, 0.1) is 18.2 Å². The van der Waals surface area contributed by atoms with Crippen LogP contribution in [0.15, 0.2) is 38.6 Å². The fraction of sp³-hybridized carbons (Fsp3) is 0.154. The molecule has 2 aromatic rings. The topological polar surface area (TPSA) is 27.0 Å². The van der Waals surface area contributed by atoms with E-state index in [1.807, 2.05) is 25.2 Å². The van der Waals surface area contributed by atoms with Crippen LogP contribution in [0.5, 0.6) is 0 Å². The highest BCUT2D eigenvalue weighted by atomic mass is 79.9. The molecule has 0 saturated carbocycles. The van der Waals surface area contributed by atoms with Gasteiger partial charge >= 0.3 is 0 Å². The summed E-state index contributed by atoms with van der Waals surface area (Å²) in [6.45, 7) is 0.831. The van der Waals surface area contributed by atoms with Crippen molar-refractivity contribution in [1.82, 2.24) is 0 Å². The summed E-state index contributed by atoms with van der Waals surface area (Å²) in [5.41, 5.74) is 1.70. The lowest BCUT2D eigenvalue weighted by Gasteiger charge is -2.19. The average molecular weight is 386 g/mol. The van der Waals surface area contributed by atoms with Crippen molar-refractivity contribution in [2.45, 2.75) is 6.54 Å².